The maximum absolute atomic E-state index is 15.0. The van der Waals surface area contributed by atoms with Gasteiger partial charge in [-0.1, -0.05) is 0 Å². The van der Waals surface area contributed by atoms with E-state index in [0.29, 0.717) is 30.7 Å². The maximum Gasteiger partial charge on any atom is 0.511 e. The molecule has 0 amide bonds. The standard InChI is InChI=1S/C18H20FN3O4/c1-9-7-21(4-3-20-9)16-11-5-10(2)22-8-14(26-18(24)25)17(23)12(15(11)22)6-13(16)19/h6,8-10,20H,3-5,7H2,1-2H3,(H,24,25). The average molecular weight is 361 g/mol. The second-order valence-corrected chi connectivity index (χ2v) is 7.03. The van der Waals surface area contributed by atoms with Crippen LogP contribution in [0.25, 0.3) is 10.9 Å². The Labute approximate surface area is 149 Å². The highest BCUT2D eigenvalue weighted by Crippen LogP contribution is 2.40. The third kappa shape index (κ3) is 2.52. The van der Waals surface area contributed by atoms with Gasteiger partial charge in [0.1, 0.15) is 5.82 Å². The molecule has 2 unspecified atom stereocenters. The number of aromatic nitrogens is 1. The first-order chi connectivity index (χ1) is 12.4. The summed E-state index contributed by atoms with van der Waals surface area (Å²) >= 11 is 0. The predicted octanol–water partition coefficient (Wildman–Crippen LogP) is 2.11. The summed E-state index contributed by atoms with van der Waals surface area (Å²) in [6, 6.07) is 1.44. The van der Waals surface area contributed by atoms with Crippen molar-refractivity contribution in [1.82, 2.24) is 9.88 Å². The van der Waals surface area contributed by atoms with Crippen LogP contribution >= 0.6 is 0 Å². The van der Waals surface area contributed by atoms with Crippen LogP contribution < -0.4 is 20.4 Å². The van der Waals surface area contributed by atoms with E-state index < -0.39 is 17.4 Å². The molecule has 4 rings (SSSR count). The van der Waals surface area contributed by atoms with Gasteiger partial charge in [-0.2, -0.15) is 0 Å². The Morgan fingerprint density at radius 1 is 1.42 bits per heavy atom. The molecule has 0 saturated carbocycles. The van der Waals surface area contributed by atoms with E-state index in [1.807, 2.05) is 16.4 Å². The molecular formula is C18H20FN3O4. The third-order valence-electron chi connectivity index (χ3n) is 5.16. The van der Waals surface area contributed by atoms with Gasteiger partial charge in [-0.3, -0.25) is 4.79 Å². The number of hydrogen-bond acceptors (Lipinski definition) is 5. The van der Waals surface area contributed by atoms with Gasteiger partial charge in [0.25, 0.3) is 0 Å². The number of hydrogen-bond donors (Lipinski definition) is 2. The smallest absolute Gasteiger partial charge is 0.449 e. The Morgan fingerprint density at radius 2 is 2.19 bits per heavy atom. The fraction of sp³-hybridized carbons (Fsp3) is 0.444. The normalized spacial score (nSPS) is 22.0. The van der Waals surface area contributed by atoms with Gasteiger partial charge < -0.3 is 24.6 Å². The molecule has 26 heavy (non-hydrogen) atoms. The third-order valence-corrected chi connectivity index (χ3v) is 5.16. The molecule has 8 heteroatoms. The number of piperazine rings is 1. The first-order valence-electron chi connectivity index (χ1n) is 8.66. The summed E-state index contributed by atoms with van der Waals surface area (Å²) in [5, 5.41) is 12.3. The lowest BCUT2D eigenvalue weighted by Crippen LogP contribution is -2.49. The number of rotatable bonds is 2. The Morgan fingerprint density at radius 3 is 2.88 bits per heavy atom. The highest BCUT2D eigenvalue weighted by Gasteiger charge is 2.31. The lowest BCUT2D eigenvalue weighted by molar-refractivity contribution is 0.143. The molecule has 2 N–H and O–H groups in total. The lowest BCUT2D eigenvalue weighted by atomic mass is 10.0. The molecule has 2 aromatic rings. The predicted molar refractivity (Wildman–Crippen MR) is 94.9 cm³/mol. The van der Waals surface area contributed by atoms with Crippen LogP contribution in [0.4, 0.5) is 14.9 Å². The van der Waals surface area contributed by atoms with Crippen LogP contribution in [0.5, 0.6) is 5.75 Å². The van der Waals surface area contributed by atoms with Crippen LogP contribution in [-0.4, -0.2) is 41.5 Å². The van der Waals surface area contributed by atoms with Crippen molar-refractivity contribution in [3.63, 3.8) is 0 Å². The molecular weight excluding hydrogens is 341 g/mol. The molecule has 2 atom stereocenters. The molecule has 138 valence electrons. The van der Waals surface area contributed by atoms with E-state index in [-0.39, 0.29) is 23.2 Å². The quantitative estimate of drug-likeness (QED) is 0.797. The maximum atomic E-state index is 15.0. The zero-order valence-corrected chi connectivity index (χ0v) is 14.6. The molecule has 1 saturated heterocycles. The minimum atomic E-state index is -1.56. The van der Waals surface area contributed by atoms with E-state index in [4.69, 9.17) is 5.11 Å². The number of ether oxygens (including phenoxy) is 1. The minimum Gasteiger partial charge on any atom is -0.449 e. The van der Waals surface area contributed by atoms with Crippen molar-refractivity contribution >= 4 is 22.7 Å². The van der Waals surface area contributed by atoms with Crippen LogP contribution in [0.15, 0.2) is 17.1 Å². The van der Waals surface area contributed by atoms with Crippen molar-refractivity contribution < 1.29 is 19.0 Å². The Hall–Kier alpha value is -2.61. The SMILES string of the molecule is CC1CN(c2c(F)cc3c(=O)c(OC(=O)O)cn4c3c2CC4C)CCN1. The van der Waals surface area contributed by atoms with Crippen molar-refractivity contribution in [2.75, 3.05) is 24.5 Å². The van der Waals surface area contributed by atoms with Crippen LogP contribution in [0.3, 0.4) is 0 Å². The monoisotopic (exact) mass is 361 g/mol. The van der Waals surface area contributed by atoms with Gasteiger partial charge >= 0.3 is 6.16 Å². The first kappa shape index (κ1) is 16.8. The Kier molecular flexibility index (Phi) is 3.87. The fourth-order valence-electron chi connectivity index (χ4n) is 4.11. The number of carbonyl (C=O) groups is 1. The zero-order valence-electron chi connectivity index (χ0n) is 14.6. The van der Waals surface area contributed by atoms with Crippen molar-refractivity contribution in [3.8, 4) is 5.75 Å². The van der Waals surface area contributed by atoms with Gasteiger partial charge in [-0.25, -0.2) is 9.18 Å². The summed E-state index contributed by atoms with van der Waals surface area (Å²) in [5.74, 6) is -0.750. The number of benzene rings is 1. The number of nitrogens with one attached hydrogen (secondary N) is 1. The number of pyridine rings is 1. The molecule has 0 spiro atoms. The second kappa shape index (κ2) is 5.98. The molecule has 2 aliphatic heterocycles. The van der Waals surface area contributed by atoms with Gasteiger partial charge in [0.15, 0.2) is 5.75 Å². The average Bonchev–Trinajstić information content (AvgIpc) is 2.88. The molecule has 1 aromatic heterocycles. The molecule has 1 aromatic carbocycles. The largest absolute Gasteiger partial charge is 0.511 e. The summed E-state index contributed by atoms with van der Waals surface area (Å²) in [7, 11) is 0. The summed E-state index contributed by atoms with van der Waals surface area (Å²) in [5.41, 5.74) is 1.42. The van der Waals surface area contributed by atoms with E-state index in [1.54, 1.807) is 0 Å². The van der Waals surface area contributed by atoms with Crippen molar-refractivity contribution in [3.05, 3.63) is 33.9 Å². The van der Waals surface area contributed by atoms with Crippen LogP contribution in [0.2, 0.25) is 0 Å². The van der Waals surface area contributed by atoms with Crippen LogP contribution in [-0.2, 0) is 6.42 Å². The van der Waals surface area contributed by atoms with Crippen molar-refractivity contribution in [2.24, 2.45) is 0 Å². The topological polar surface area (TPSA) is 83.8 Å². The van der Waals surface area contributed by atoms with Crippen LogP contribution in [0, 0.1) is 5.82 Å². The molecule has 7 nitrogen and oxygen atoms in total. The van der Waals surface area contributed by atoms with Crippen molar-refractivity contribution in [2.45, 2.75) is 32.4 Å². The minimum absolute atomic E-state index is 0.0230. The summed E-state index contributed by atoms with van der Waals surface area (Å²) in [6.07, 6.45) is 0.437. The highest BCUT2D eigenvalue weighted by atomic mass is 19.1. The Bertz CT molecular complexity index is 971. The fourth-order valence-corrected chi connectivity index (χ4v) is 4.11. The second-order valence-electron chi connectivity index (χ2n) is 7.03. The summed E-state index contributed by atoms with van der Waals surface area (Å²) in [4.78, 5) is 25.5. The van der Waals surface area contributed by atoms with Gasteiger partial charge in [-0.15, -0.1) is 0 Å². The number of carboxylic acid groups (broad SMARTS) is 1. The van der Waals surface area contributed by atoms with Gasteiger partial charge in [0.05, 0.1) is 22.8 Å². The van der Waals surface area contributed by atoms with E-state index in [1.165, 1.54) is 12.3 Å². The number of anilines is 1. The van der Waals surface area contributed by atoms with Gasteiger partial charge in [-0.05, 0) is 26.3 Å². The van der Waals surface area contributed by atoms with Crippen molar-refractivity contribution in [1.29, 1.82) is 0 Å². The molecule has 1 fully saturated rings. The molecule has 0 aliphatic carbocycles. The molecule has 0 bridgehead atoms. The Balaban J connectivity index is 1.95. The summed E-state index contributed by atoms with van der Waals surface area (Å²) in [6.45, 7) is 6.16. The first-order valence-corrected chi connectivity index (χ1v) is 8.66. The lowest BCUT2D eigenvalue weighted by Gasteiger charge is -2.35. The number of nitrogens with zero attached hydrogens (tertiary/aromatic N) is 2. The van der Waals surface area contributed by atoms with Crippen LogP contribution in [0.1, 0.15) is 25.5 Å². The van der Waals surface area contributed by atoms with Gasteiger partial charge in [0.2, 0.25) is 5.43 Å². The van der Waals surface area contributed by atoms with Gasteiger partial charge in [0, 0.05) is 37.3 Å². The molecule has 2 aliphatic rings. The van der Waals surface area contributed by atoms with E-state index >= 15 is 4.39 Å². The molecule has 0 radical (unpaired) electrons. The molecule has 3 heterocycles. The number of halogens is 1. The summed E-state index contributed by atoms with van der Waals surface area (Å²) < 4.78 is 21.5. The van der Waals surface area contributed by atoms with E-state index in [9.17, 15) is 9.59 Å². The van der Waals surface area contributed by atoms with E-state index in [2.05, 4.69) is 17.0 Å². The zero-order chi connectivity index (χ0) is 18.6. The van der Waals surface area contributed by atoms with E-state index in [0.717, 1.165) is 12.1 Å². The highest BCUT2D eigenvalue weighted by molar-refractivity contribution is 5.90.